The van der Waals surface area contributed by atoms with Crippen LogP contribution in [0.15, 0.2) is 35.0 Å². The highest BCUT2D eigenvalue weighted by Crippen LogP contribution is 2.43. The number of fused-ring (bicyclic) bond motifs is 5. The second-order valence-electron chi connectivity index (χ2n) is 16.9. The summed E-state index contributed by atoms with van der Waals surface area (Å²) in [6.07, 6.45) is 42.0. The first-order valence-electron chi connectivity index (χ1n) is 23.0. The monoisotopic (exact) mass is 745 g/mol. The van der Waals surface area contributed by atoms with E-state index in [4.69, 9.17) is 0 Å². The zero-order valence-corrected chi connectivity index (χ0v) is 36.3. The van der Waals surface area contributed by atoms with Crippen molar-refractivity contribution in [3.8, 4) is 0 Å². The van der Waals surface area contributed by atoms with E-state index in [1.165, 1.54) is 203 Å². The standard InChI is InChI=1S/C50H80S2/c1-5-9-13-17-21-25-29-41(30-26-22-18-14-10-6-2)37-45-39-43-33-35-52-50(43)48-46(40-44-34-36-51-49(44)47(45)48)38-42(31-27-23-19-15-11-7-3)32-28-24-20-16-12-8-4/h33-36,39-42H,5-32,37-38H2,1-4H3. The summed E-state index contributed by atoms with van der Waals surface area (Å²) in [5, 5.41) is 11.1. The first-order valence-corrected chi connectivity index (χ1v) is 24.8. The molecule has 52 heavy (non-hydrogen) atoms. The first kappa shape index (κ1) is 43.3. The summed E-state index contributed by atoms with van der Waals surface area (Å²) in [5.41, 5.74) is 3.33. The maximum Gasteiger partial charge on any atom is 0.0424 e. The lowest BCUT2D eigenvalue weighted by molar-refractivity contribution is 0.401. The van der Waals surface area contributed by atoms with Gasteiger partial charge < -0.3 is 0 Å². The fourth-order valence-electron chi connectivity index (χ4n) is 9.13. The van der Waals surface area contributed by atoms with Gasteiger partial charge in [0.1, 0.15) is 0 Å². The maximum absolute atomic E-state index is 2.65. The molecular formula is C50H80S2. The lowest BCUT2D eigenvalue weighted by Gasteiger charge is -2.22. The molecule has 2 heterocycles. The molecule has 0 radical (unpaired) electrons. The molecule has 292 valence electrons. The number of hydrogen-bond acceptors (Lipinski definition) is 2. The fraction of sp³-hybridized carbons (Fsp3) is 0.720. The van der Waals surface area contributed by atoms with Crippen LogP contribution in [0.25, 0.3) is 30.9 Å². The Morgan fingerprint density at radius 3 is 0.981 bits per heavy atom. The van der Waals surface area contributed by atoms with Crippen LogP contribution in [0, 0.1) is 11.8 Å². The van der Waals surface area contributed by atoms with Crippen LogP contribution in [-0.2, 0) is 12.8 Å². The molecule has 0 saturated heterocycles. The zero-order chi connectivity index (χ0) is 36.6. The molecular weight excluding hydrogens is 665 g/mol. The molecule has 0 aliphatic carbocycles. The van der Waals surface area contributed by atoms with Crippen LogP contribution in [-0.4, -0.2) is 0 Å². The summed E-state index contributed by atoms with van der Waals surface area (Å²) in [6.45, 7) is 9.36. The molecule has 0 spiro atoms. The van der Waals surface area contributed by atoms with E-state index in [1.54, 1.807) is 31.3 Å². The molecule has 0 fully saturated rings. The zero-order valence-electron chi connectivity index (χ0n) is 34.6. The molecule has 0 saturated carbocycles. The van der Waals surface area contributed by atoms with Crippen molar-refractivity contribution in [2.45, 2.75) is 220 Å². The third-order valence-electron chi connectivity index (χ3n) is 12.3. The van der Waals surface area contributed by atoms with Gasteiger partial charge >= 0.3 is 0 Å². The first-order chi connectivity index (χ1) is 25.7. The normalized spacial score (nSPS) is 12.2. The van der Waals surface area contributed by atoms with Crippen molar-refractivity contribution < 1.29 is 0 Å². The van der Waals surface area contributed by atoms with Gasteiger partial charge in [-0.3, -0.25) is 0 Å². The van der Waals surface area contributed by atoms with E-state index in [2.05, 4.69) is 62.7 Å². The summed E-state index contributed by atoms with van der Waals surface area (Å²) < 4.78 is 3.12. The van der Waals surface area contributed by atoms with Crippen molar-refractivity contribution in [1.29, 1.82) is 0 Å². The van der Waals surface area contributed by atoms with Gasteiger partial charge in [0.05, 0.1) is 0 Å². The summed E-state index contributed by atoms with van der Waals surface area (Å²) in [5.74, 6) is 1.62. The van der Waals surface area contributed by atoms with E-state index in [0.717, 1.165) is 11.8 Å². The molecule has 0 aliphatic heterocycles. The molecule has 0 aliphatic rings. The Balaban J connectivity index is 1.61. The minimum absolute atomic E-state index is 0.809. The number of thiophene rings is 2. The van der Waals surface area contributed by atoms with Gasteiger partial charge in [0.15, 0.2) is 0 Å². The average Bonchev–Trinajstić information content (AvgIpc) is 3.83. The van der Waals surface area contributed by atoms with E-state index in [-0.39, 0.29) is 0 Å². The summed E-state index contributed by atoms with van der Waals surface area (Å²) in [6, 6.07) is 10.2. The van der Waals surface area contributed by atoms with Crippen LogP contribution in [0.4, 0.5) is 0 Å². The van der Waals surface area contributed by atoms with Crippen molar-refractivity contribution in [1.82, 2.24) is 0 Å². The van der Waals surface area contributed by atoms with Gasteiger partial charge in [-0.15, -0.1) is 22.7 Å². The second kappa shape index (κ2) is 26.4. The molecule has 0 atom stereocenters. The van der Waals surface area contributed by atoms with E-state index in [1.807, 2.05) is 22.7 Å². The van der Waals surface area contributed by atoms with Crippen molar-refractivity contribution in [3.05, 3.63) is 46.2 Å². The largest absolute Gasteiger partial charge is 0.143 e. The van der Waals surface area contributed by atoms with E-state index in [9.17, 15) is 0 Å². The van der Waals surface area contributed by atoms with Crippen LogP contribution >= 0.6 is 22.7 Å². The van der Waals surface area contributed by atoms with Crippen LogP contribution in [0.1, 0.15) is 219 Å². The quantitative estimate of drug-likeness (QED) is 0.0437. The summed E-state index contributed by atoms with van der Waals surface area (Å²) >= 11 is 4.01. The number of benzene rings is 2. The average molecular weight is 745 g/mol. The van der Waals surface area contributed by atoms with Crippen LogP contribution < -0.4 is 0 Å². The van der Waals surface area contributed by atoms with Gasteiger partial charge in [-0.2, -0.15) is 0 Å². The van der Waals surface area contributed by atoms with Crippen molar-refractivity contribution in [2.24, 2.45) is 11.8 Å². The predicted octanol–water partition coefficient (Wildman–Crippen LogP) is 18.6. The molecule has 2 aromatic heterocycles. The topological polar surface area (TPSA) is 0 Å². The summed E-state index contributed by atoms with van der Waals surface area (Å²) in [7, 11) is 0. The molecule has 0 N–H and O–H groups in total. The van der Waals surface area contributed by atoms with Crippen molar-refractivity contribution >= 4 is 53.6 Å². The highest BCUT2D eigenvalue weighted by atomic mass is 32.1. The van der Waals surface area contributed by atoms with Crippen LogP contribution in [0.5, 0.6) is 0 Å². The second-order valence-corrected chi connectivity index (χ2v) is 18.7. The highest BCUT2D eigenvalue weighted by Gasteiger charge is 2.21. The Morgan fingerprint density at radius 2 is 0.673 bits per heavy atom. The van der Waals surface area contributed by atoms with Crippen LogP contribution in [0.3, 0.4) is 0 Å². The molecule has 0 unspecified atom stereocenters. The Bertz CT molecular complexity index is 1330. The third-order valence-corrected chi connectivity index (χ3v) is 14.2. The lowest BCUT2D eigenvalue weighted by Crippen LogP contribution is -2.08. The molecule has 4 rings (SSSR count). The Morgan fingerprint density at radius 1 is 0.385 bits per heavy atom. The minimum atomic E-state index is 0.809. The molecule has 0 nitrogen and oxygen atoms in total. The molecule has 2 aromatic carbocycles. The van der Waals surface area contributed by atoms with Gasteiger partial charge in [0.25, 0.3) is 0 Å². The maximum atomic E-state index is 2.65. The van der Waals surface area contributed by atoms with Gasteiger partial charge in [0, 0.05) is 20.2 Å². The highest BCUT2D eigenvalue weighted by molar-refractivity contribution is 7.19. The molecule has 2 heteroatoms. The summed E-state index contributed by atoms with van der Waals surface area (Å²) in [4.78, 5) is 0. The number of unbranched alkanes of at least 4 members (excludes halogenated alkanes) is 20. The number of rotatable bonds is 32. The predicted molar refractivity (Wildman–Crippen MR) is 241 cm³/mol. The fourth-order valence-corrected chi connectivity index (χ4v) is 11.1. The number of hydrogen-bond donors (Lipinski definition) is 0. The van der Waals surface area contributed by atoms with E-state index >= 15 is 0 Å². The Kier molecular flexibility index (Phi) is 22.0. The van der Waals surface area contributed by atoms with Gasteiger partial charge in [-0.1, -0.05) is 207 Å². The van der Waals surface area contributed by atoms with Gasteiger partial charge in [-0.05, 0) is 81.6 Å². The Labute approximate surface area is 330 Å². The molecule has 0 amide bonds. The smallest absolute Gasteiger partial charge is 0.0424 e. The molecule has 4 aromatic rings. The lowest BCUT2D eigenvalue weighted by atomic mass is 9.83. The van der Waals surface area contributed by atoms with Crippen molar-refractivity contribution in [2.75, 3.05) is 0 Å². The third kappa shape index (κ3) is 14.7. The van der Waals surface area contributed by atoms with Gasteiger partial charge in [-0.25, -0.2) is 0 Å². The Hall–Kier alpha value is -1.38. The van der Waals surface area contributed by atoms with Crippen LogP contribution in [0.2, 0.25) is 0 Å². The SMILES string of the molecule is CCCCCCCCC(CCCCCCCC)Cc1cc2ccsc2c2c(CC(CCCCCCCC)CCCCCCCC)cc3ccsc3c12. The molecule has 0 bridgehead atoms. The van der Waals surface area contributed by atoms with E-state index in [0.29, 0.717) is 0 Å². The van der Waals surface area contributed by atoms with Crippen molar-refractivity contribution in [3.63, 3.8) is 0 Å². The van der Waals surface area contributed by atoms with E-state index < -0.39 is 0 Å². The van der Waals surface area contributed by atoms with Gasteiger partial charge in [0.2, 0.25) is 0 Å². The minimum Gasteiger partial charge on any atom is -0.143 e.